The Labute approximate surface area is 108 Å². The van der Waals surface area contributed by atoms with E-state index in [1.165, 1.54) is 0 Å². The molecule has 102 valence electrons. The van der Waals surface area contributed by atoms with E-state index in [1.807, 2.05) is 19.1 Å². The molecule has 0 aliphatic carbocycles. The lowest BCUT2D eigenvalue weighted by atomic mass is 10.0. The van der Waals surface area contributed by atoms with Gasteiger partial charge in [-0.1, -0.05) is 6.92 Å². The smallest absolute Gasteiger partial charge is 0.131 e. The zero-order chi connectivity index (χ0) is 13.5. The molecular formula is C13H22N2O3. The summed E-state index contributed by atoms with van der Waals surface area (Å²) in [6, 6.07) is 3.42. The van der Waals surface area contributed by atoms with Crippen LogP contribution in [0.2, 0.25) is 0 Å². The molecule has 0 radical (unpaired) electrons. The minimum atomic E-state index is -0.194. The van der Waals surface area contributed by atoms with Gasteiger partial charge in [0, 0.05) is 24.7 Å². The first kappa shape index (κ1) is 14.6. The standard InChI is InChI=1S/C13H22N2O3/c1-5-15-8-10(14)13-11(17-3)6-9(16-2)7-12(13)18-4/h6-7,10,15H,5,8,14H2,1-4H3. The summed E-state index contributed by atoms with van der Waals surface area (Å²) >= 11 is 0. The number of likely N-dealkylation sites (N-methyl/N-ethyl adjacent to an activating group) is 1. The first-order valence-electron chi connectivity index (χ1n) is 5.94. The van der Waals surface area contributed by atoms with Crippen LogP contribution in [0.1, 0.15) is 18.5 Å². The summed E-state index contributed by atoms with van der Waals surface area (Å²) in [5.74, 6) is 2.04. The first-order chi connectivity index (χ1) is 8.67. The van der Waals surface area contributed by atoms with Gasteiger partial charge in [0.15, 0.2) is 0 Å². The Morgan fingerprint density at radius 3 is 2.06 bits per heavy atom. The molecule has 0 fully saturated rings. The summed E-state index contributed by atoms with van der Waals surface area (Å²) in [6.07, 6.45) is 0. The van der Waals surface area contributed by atoms with E-state index in [-0.39, 0.29) is 6.04 Å². The number of rotatable bonds is 7. The molecule has 5 heteroatoms. The molecule has 0 heterocycles. The van der Waals surface area contributed by atoms with Crippen molar-refractivity contribution in [2.45, 2.75) is 13.0 Å². The van der Waals surface area contributed by atoms with E-state index in [0.29, 0.717) is 23.8 Å². The highest BCUT2D eigenvalue weighted by atomic mass is 16.5. The van der Waals surface area contributed by atoms with E-state index in [2.05, 4.69) is 5.32 Å². The number of ether oxygens (including phenoxy) is 3. The number of nitrogens with one attached hydrogen (secondary N) is 1. The molecule has 1 aromatic rings. The Bertz CT molecular complexity index is 357. The highest BCUT2D eigenvalue weighted by Crippen LogP contribution is 2.37. The third kappa shape index (κ3) is 3.27. The normalized spacial score (nSPS) is 12.1. The molecule has 0 saturated heterocycles. The Morgan fingerprint density at radius 1 is 1.11 bits per heavy atom. The van der Waals surface area contributed by atoms with E-state index in [9.17, 15) is 0 Å². The van der Waals surface area contributed by atoms with Crippen LogP contribution in [-0.2, 0) is 0 Å². The number of benzene rings is 1. The third-order valence-corrected chi connectivity index (χ3v) is 2.74. The van der Waals surface area contributed by atoms with Crippen LogP contribution in [0.15, 0.2) is 12.1 Å². The number of hydrogen-bond acceptors (Lipinski definition) is 5. The molecule has 0 amide bonds. The van der Waals surface area contributed by atoms with E-state index in [0.717, 1.165) is 12.1 Å². The molecule has 3 N–H and O–H groups in total. The molecule has 18 heavy (non-hydrogen) atoms. The lowest BCUT2D eigenvalue weighted by Crippen LogP contribution is -2.27. The summed E-state index contributed by atoms with van der Waals surface area (Å²) in [5.41, 5.74) is 7.01. The highest BCUT2D eigenvalue weighted by molar-refractivity contribution is 5.52. The van der Waals surface area contributed by atoms with Gasteiger partial charge in [0.25, 0.3) is 0 Å². The lowest BCUT2D eigenvalue weighted by molar-refractivity contribution is 0.363. The largest absolute Gasteiger partial charge is 0.496 e. The average molecular weight is 254 g/mol. The summed E-state index contributed by atoms with van der Waals surface area (Å²) in [5, 5.41) is 3.21. The van der Waals surface area contributed by atoms with Crippen molar-refractivity contribution in [2.24, 2.45) is 5.73 Å². The van der Waals surface area contributed by atoms with Gasteiger partial charge in [-0.3, -0.25) is 0 Å². The van der Waals surface area contributed by atoms with Gasteiger partial charge in [0.2, 0.25) is 0 Å². The van der Waals surface area contributed by atoms with Crippen LogP contribution in [-0.4, -0.2) is 34.4 Å². The quantitative estimate of drug-likeness (QED) is 0.768. The summed E-state index contributed by atoms with van der Waals surface area (Å²) in [6.45, 7) is 3.57. The Kier molecular flexibility index (Phi) is 5.74. The molecule has 0 bridgehead atoms. The predicted molar refractivity (Wildman–Crippen MR) is 71.6 cm³/mol. The molecule has 1 atom stereocenters. The molecule has 1 rings (SSSR count). The van der Waals surface area contributed by atoms with Gasteiger partial charge >= 0.3 is 0 Å². The highest BCUT2D eigenvalue weighted by Gasteiger charge is 2.19. The van der Waals surface area contributed by atoms with Crippen LogP contribution in [0.4, 0.5) is 0 Å². The summed E-state index contributed by atoms with van der Waals surface area (Å²) in [4.78, 5) is 0. The van der Waals surface area contributed by atoms with Crippen LogP contribution in [0.5, 0.6) is 17.2 Å². The lowest BCUT2D eigenvalue weighted by Gasteiger charge is -2.20. The van der Waals surface area contributed by atoms with E-state index >= 15 is 0 Å². The van der Waals surface area contributed by atoms with Crippen LogP contribution in [0.25, 0.3) is 0 Å². The predicted octanol–water partition coefficient (Wildman–Crippen LogP) is 1.32. The molecule has 0 aliphatic heterocycles. The van der Waals surface area contributed by atoms with Crippen molar-refractivity contribution in [2.75, 3.05) is 34.4 Å². The number of methoxy groups -OCH3 is 3. The number of nitrogens with two attached hydrogens (primary N) is 1. The van der Waals surface area contributed by atoms with Crippen molar-refractivity contribution in [3.63, 3.8) is 0 Å². The zero-order valence-electron chi connectivity index (χ0n) is 11.4. The molecule has 1 aromatic carbocycles. The molecule has 0 aliphatic rings. The second kappa shape index (κ2) is 7.08. The fraction of sp³-hybridized carbons (Fsp3) is 0.538. The van der Waals surface area contributed by atoms with Gasteiger partial charge < -0.3 is 25.3 Å². The monoisotopic (exact) mass is 254 g/mol. The fourth-order valence-electron chi connectivity index (χ4n) is 1.80. The topological polar surface area (TPSA) is 65.7 Å². The Balaban J connectivity index is 3.13. The van der Waals surface area contributed by atoms with Crippen molar-refractivity contribution in [3.05, 3.63) is 17.7 Å². The van der Waals surface area contributed by atoms with Gasteiger partial charge in [0.1, 0.15) is 17.2 Å². The van der Waals surface area contributed by atoms with Gasteiger partial charge in [-0.15, -0.1) is 0 Å². The molecule has 0 aromatic heterocycles. The Hall–Kier alpha value is -1.46. The van der Waals surface area contributed by atoms with Gasteiger partial charge in [-0.2, -0.15) is 0 Å². The van der Waals surface area contributed by atoms with Crippen molar-refractivity contribution in [3.8, 4) is 17.2 Å². The SMILES string of the molecule is CCNCC(N)c1c(OC)cc(OC)cc1OC. The summed E-state index contributed by atoms with van der Waals surface area (Å²) in [7, 11) is 4.82. The molecule has 1 unspecified atom stereocenters. The van der Waals surface area contributed by atoms with Crippen molar-refractivity contribution in [1.82, 2.24) is 5.32 Å². The fourth-order valence-corrected chi connectivity index (χ4v) is 1.80. The number of hydrogen-bond donors (Lipinski definition) is 2. The maximum absolute atomic E-state index is 6.16. The van der Waals surface area contributed by atoms with E-state index < -0.39 is 0 Å². The molecule has 0 spiro atoms. The zero-order valence-corrected chi connectivity index (χ0v) is 11.4. The molecule has 0 saturated carbocycles. The summed E-state index contributed by atoms with van der Waals surface area (Å²) < 4.78 is 15.9. The van der Waals surface area contributed by atoms with Gasteiger partial charge in [-0.05, 0) is 6.54 Å². The van der Waals surface area contributed by atoms with E-state index in [1.54, 1.807) is 21.3 Å². The van der Waals surface area contributed by atoms with Gasteiger partial charge in [-0.25, -0.2) is 0 Å². The second-order valence-corrected chi connectivity index (χ2v) is 3.86. The average Bonchev–Trinajstić information content (AvgIpc) is 2.42. The molecular weight excluding hydrogens is 232 g/mol. The minimum Gasteiger partial charge on any atom is -0.496 e. The maximum atomic E-state index is 6.16. The van der Waals surface area contributed by atoms with Crippen molar-refractivity contribution >= 4 is 0 Å². The minimum absolute atomic E-state index is 0.194. The van der Waals surface area contributed by atoms with Crippen LogP contribution < -0.4 is 25.3 Å². The third-order valence-electron chi connectivity index (χ3n) is 2.74. The van der Waals surface area contributed by atoms with Crippen molar-refractivity contribution < 1.29 is 14.2 Å². The van der Waals surface area contributed by atoms with Crippen LogP contribution in [0.3, 0.4) is 0 Å². The first-order valence-corrected chi connectivity index (χ1v) is 5.94. The van der Waals surface area contributed by atoms with Crippen LogP contribution in [0, 0.1) is 0 Å². The second-order valence-electron chi connectivity index (χ2n) is 3.86. The van der Waals surface area contributed by atoms with E-state index in [4.69, 9.17) is 19.9 Å². The Morgan fingerprint density at radius 2 is 1.67 bits per heavy atom. The van der Waals surface area contributed by atoms with Crippen LogP contribution >= 0.6 is 0 Å². The van der Waals surface area contributed by atoms with Gasteiger partial charge in [0.05, 0.1) is 26.9 Å². The van der Waals surface area contributed by atoms with Crippen molar-refractivity contribution in [1.29, 1.82) is 0 Å². The molecule has 5 nitrogen and oxygen atoms in total. The maximum Gasteiger partial charge on any atom is 0.131 e.